The molecule has 4 heterocycles. The van der Waals surface area contributed by atoms with E-state index in [-0.39, 0.29) is 11.8 Å². The van der Waals surface area contributed by atoms with Crippen LogP contribution in [0.5, 0.6) is 5.75 Å². The number of ether oxygens (including phenoxy) is 1. The van der Waals surface area contributed by atoms with Gasteiger partial charge in [-0.3, -0.25) is 19.7 Å². The number of benzene rings is 2. The van der Waals surface area contributed by atoms with Gasteiger partial charge in [-0.1, -0.05) is 18.2 Å². The maximum Gasteiger partial charge on any atom is 0.223 e. The van der Waals surface area contributed by atoms with Crippen molar-refractivity contribution in [1.29, 1.82) is 0 Å². The van der Waals surface area contributed by atoms with Crippen LogP contribution in [0, 0.1) is 0 Å². The van der Waals surface area contributed by atoms with Crippen molar-refractivity contribution in [1.82, 2.24) is 19.9 Å². The molecule has 7 heteroatoms. The number of furan rings is 1. The van der Waals surface area contributed by atoms with Gasteiger partial charge in [0.15, 0.2) is 16.9 Å². The minimum absolute atomic E-state index is 0.0610. The van der Waals surface area contributed by atoms with E-state index in [1.165, 1.54) is 0 Å². The van der Waals surface area contributed by atoms with E-state index in [0.717, 1.165) is 32.9 Å². The van der Waals surface area contributed by atoms with Gasteiger partial charge in [0.25, 0.3) is 0 Å². The molecule has 6 rings (SSSR count). The molecule has 3 aromatic heterocycles. The zero-order chi connectivity index (χ0) is 21.7. The molecule has 0 radical (unpaired) electrons. The second kappa shape index (κ2) is 7.30. The van der Waals surface area contributed by atoms with Crippen LogP contribution in [-0.4, -0.2) is 39.4 Å². The number of para-hydroxylation sites is 1. The fourth-order valence-electron chi connectivity index (χ4n) is 4.76. The molecule has 1 atom stereocenters. The molecule has 1 aliphatic rings. The lowest BCUT2D eigenvalue weighted by molar-refractivity contribution is -0.128. The van der Waals surface area contributed by atoms with Crippen LogP contribution < -0.4 is 4.74 Å². The first-order valence-electron chi connectivity index (χ1n) is 10.5. The number of amides is 1. The van der Waals surface area contributed by atoms with Crippen LogP contribution in [-0.2, 0) is 11.3 Å². The maximum atomic E-state index is 13.0. The number of pyridine rings is 1. The Morgan fingerprint density at radius 1 is 1.12 bits per heavy atom. The number of methoxy groups -OCH3 is 1. The smallest absolute Gasteiger partial charge is 0.223 e. The van der Waals surface area contributed by atoms with Gasteiger partial charge in [-0.2, -0.15) is 0 Å². The number of likely N-dealkylation sites (tertiary alicyclic amines) is 1. The van der Waals surface area contributed by atoms with Crippen molar-refractivity contribution >= 4 is 38.9 Å². The molecule has 1 aliphatic heterocycles. The Morgan fingerprint density at radius 3 is 2.94 bits per heavy atom. The number of carbonyl (C=O) groups excluding carboxylic acids is 1. The van der Waals surface area contributed by atoms with Gasteiger partial charge < -0.3 is 14.1 Å². The maximum absolute atomic E-state index is 13.0. The Morgan fingerprint density at radius 2 is 2.03 bits per heavy atom. The second-order valence-electron chi connectivity index (χ2n) is 8.05. The third-order valence-electron chi connectivity index (χ3n) is 6.24. The van der Waals surface area contributed by atoms with E-state index in [1.807, 2.05) is 35.2 Å². The highest BCUT2D eigenvalue weighted by Crippen LogP contribution is 2.42. The highest BCUT2D eigenvalue weighted by atomic mass is 16.5. The number of carbonyl (C=O) groups is 1. The highest BCUT2D eigenvalue weighted by molar-refractivity contribution is 6.08. The van der Waals surface area contributed by atoms with E-state index in [1.54, 1.807) is 31.9 Å². The summed E-state index contributed by atoms with van der Waals surface area (Å²) in [7, 11) is 1.63. The van der Waals surface area contributed by atoms with Crippen LogP contribution in [0.15, 0.2) is 65.6 Å². The summed E-state index contributed by atoms with van der Waals surface area (Å²) in [5.41, 5.74) is 5.19. The standard InChI is InChI=1S/C25H20N4O3/c1-31-20-6-5-17(23-18-7-8-26-12-21(18)32-25(20)23)16-11-22(30)29(14-16)13-15-3-2-4-19-24(15)28-10-9-27-19/h2-10,12,16H,11,13-14H2,1H3. The van der Waals surface area contributed by atoms with Gasteiger partial charge in [0.05, 0.1) is 24.3 Å². The van der Waals surface area contributed by atoms with E-state index < -0.39 is 0 Å². The normalized spacial score (nSPS) is 16.5. The third-order valence-corrected chi connectivity index (χ3v) is 6.24. The fourth-order valence-corrected chi connectivity index (χ4v) is 4.76. The lowest BCUT2D eigenvalue weighted by atomic mass is 9.93. The molecule has 158 valence electrons. The summed E-state index contributed by atoms with van der Waals surface area (Å²) in [6.45, 7) is 1.15. The first-order valence-corrected chi connectivity index (χ1v) is 10.5. The largest absolute Gasteiger partial charge is 0.493 e. The molecule has 7 nitrogen and oxygen atoms in total. The predicted molar refractivity (Wildman–Crippen MR) is 120 cm³/mol. The minimum Gasteiger partial charge on any atom is -0.493 e. The van der Waals surface area contributed by atoms with Crippen LogP contribution in [0.25, 0.3) is 33.0 Å². The zero-order valence-corrected chi connectivity index (χ0v) is 17.5. The van der Waals surface area contributed by atoms with Crippen LogP contribution >= 0.6 is 0 Å². The lowest BCUT2D eigenvalue weighted by Gasteiger charge is -2.18. The molecule has 0 spiro atoms. The highest BCUT2D eigenvalue weighted by Gasteiger charge is 2.33. The Balaban J connectivity index is 1.38. The fraction of sp³-hybridized carbons (Fsp3) is 0.200. The van der Waals surface area contributed by atoms with Crippen molar-refractivity contribution in [3.63, 3.8) is 0 Å². The SMILES string of the molecule is COc1ccc(C2CC(=O)N(Cc3cccc4nccnc34)C2)c2c1oc1cnccc12. The van der Waals surface area contributed by atoms with Gasteiger partial charge in [-0.25, -0.2) is 0 Å². The molecule has 0 bridgehead atoms. The lowest BCUT2D eigenvalue weighted by Crippen LogP contribution is -2.24. The number of rotatable bonds is 4. The average molecular weight is 424 g/mol. The molecule has 1 unspecified atom stereocenters. The summed E-state index contributed by atoms with van der Waals surface area (Å²) >= 11 is 0. The van der Waals surface area contributed by atoms with Crippen LogP contribution in [0.1, 0.15) is 23.5 Å². The number of hydrogen-bond donors (Lipinski definition) is 0. The Bertz CT molecular complexity index is 1490. The van der Waals surface area contributed by atoms with Gasteiger partial charge in [-0.15, -0.1) is 0 Å². The number of nitrogens with zero attached hydrogens (tertiary/aromatic N) is 4. The number of fused-ring (bicyclic) bond motifs is 4. The van der Waals surface area contributed by atoms with E-state index >= 15 is 0 Å². The molecule has 0 saturated carbocycles. The molecule has 0 N–H and O–H groups in total. The van der Waals surface area contributed by atoms with Gasteiger partial charge in [0.1, 0.15) is 0 Å². The zero-order valence-electron chi connectivity index (χ0n) is 17.5. The van der Waals surface area contributed by atoms with Crippen molar-refractivity contribution in [2.75, 3.05) is 13.7 Å². The molecular formula is C25H20N4O3. The Kier molecular flexibility index (Phi) is 4.28. The first-order chi connectivity index (χ1) is 15.7. The van der Waals surface area contributed by atoms with E-state index in [0.29, 0.717) is 36.4 Å². The van der Waals surface area contributed by atoms with Gasteiger partial charge in [0.2, 0.25) is 5.91 Å². The van der Waals surface area contributed by atoms with Crippen molar-refractivity contribution in [3.05, 3.63) is 72.3 Å². The number of hydrogen-bond acceptors (Lipinski definition) is 6. The molecule has 5 aromatic rings. The van der Waals surface area contributed by atoms with Crippen molar-refractivity contribution < 1.29 is 13.9 Å². The summed E-state index contributed by atoms with van der Waals surface area (Å²) in [5.74, 6) is 0.871. The van der Waals surface area contributed by atoms with E-state index in [2.05, 4.69) is 21.0 Å². The molecular weight excluding hydrogens is 404 g/mol. The third kappa shape index (κ3) is 2.89. The van der Waals surface area contributed by atoms with Crippen LogP contribution in [0.3, 0.4) is 0 Å². The summed E-state index contributed by atoms with van der Waals surface area (Å²) in [6.07, 6.45) is 7.30. The number of aromatic nitrogens is 3. The molecule has 32 heavy (non-hydrogen) atoms. The molecule has 1 saturated heterocycles. The monoisotopic (exact) mass is 424 g/mol. The topological polar surface area (TPSA) is 81.4 Å². The quantitative estimate of drug-likeness (QED) is 0.424. The molecule has 2 aromatic carbocycles. The van der Waals surface area contributed by atoms with Crippen LogP contribution in [0.2, 0.25) is 0 Å². The predicted octanol–water partition coefficient (Wildman–Crippen LogP) is 4.45. The van der Waals surface area contributed by atoms with Crippen LogP contribution in [0.4, 0.5) is 0 Å². The van der Waals surface area contributed by atoms with Crippen molar-refractivity contribution in [2.45, 2.75) is 18.9 Å². The molecule has 1 fully saturated rings. The summed E-state index contributed by atoms with van der Waals surface area (Å²) in [6, 6.07) is 11.8. The molecule has 0 aliphatic carbocycles. The van der Waals surface area contributed by atoms with Gasteiger partial charge >= 0.3 is 0 Å². The average Bonchev–Trinajstić information content (AvgIpc) is 3.39. The first kappa shape index (κ1) is 18.7. The minimum atomic E-state index is 0.0610. The second-order valence-corrected chi connectivity index (χ2v) is 8.05. The Hall–Kier alpha value is -4.00. The van der Waals surface area contributed by atoms with E-state index in [4.69, 9.17) is 9.15 Å². The van der Waals surface area contributed by atoms with Gasteiger partial charge in [-0.05, 0) is 29.3 Å². The van der Waals surface area contributed by atoms with Crippen molar-refractivity contribution in [3.8, 4) is 5.75 Å². The van der Waals surface area contributed by atoms with Gasteiger partial charge in [0, 0.05) is 54.8 Å². The summed E-state index contributed by atoms with van der Waals surface area (Å²) in [4.78, 5) is 27.9. The van der Waals surface area contributed by atoms with E-state index in [9.17, 15) is 4.79 Å². The van der Waals surface area contributed by atoms with Crippen molar-refractivity contribution in [2.24, 2.45) is 0 Å². The summed E-state index contributed by atoms with van der Waals surface area (Å²) < 4.78 is 11.6. The Labute approximate surface area is 183 Å². The molecule has 1 amide bonds. The summed E-state index contributed by atoms with van der Waals surface area (Å²) in [5, 5.41) is 1.98.